The molecule has 1 aromatic rings. The Balaban J connectivity index is 3.39. The quantitative estimate of drug-likeness (QED) is 0.762. The highest BCUT2D eigenvalue weighted by Crippen LogP contribution is 2.33. The molecule has 0 saturated carbocycles. The molecule has 1 rings (SSSR count). The van der Waals surface area contributed by atoms with Gasteiger partial charge in [-0.3, -0.25) is 4.79 Å². The molecule has 4 heteroatoms. The van der Waals surface area contributed by atoms with Crippen molar-refractivity contribution < 1.29 is 9.90 Å². The molecule has 0 aromatic heterocycles. The average molecular weight is 228 g/mol. The molecule has 0 saturated heterocycles. The topological polar surface area (TPSA) is 63.3 Å². The van der Waals surface area contributed by atoms with Crippen LogP contribution in [0.2, 0.25) is 5.02 Å². The number of phenolic OH excluding ortho intramolecular Hbond substituents is 1. The van der Waals surface area contributed by atoms with Crippen molar-refractivity contribution in [3.05, 3.63) is 27.8 Å². The summed E-state index contributed by atoms with van der Waals surface area (Å²) in [5.74, 6) is -0.487. The van der Waals surface area contributed by atoms with Crippen LogP contribution in [-0.4, -0.2) is 16.9 Å². The molecule has 0 amide bonds. The van der Waals surface area contributed by atoms with Gasteiger partial charge in [0.05, 0.1) is 16.6 Å². The minimum Gasteiger partial charge on any atom is -0.506 e. The van der Waals surface area contributed by atoms with Gasteiger partial charge in [0.25, 0.3) is 0 Å². The Morgan fingerprint density at radius 1 is 1.53 bits per heavy atom. The van der Waals surface area contributed by atoms with E-state index < -0.39 is 6.04 Å². The molecule has 15 heavy (non-hydrogen) atoms. The van der Waals surface area contributed by atoms with Gasteiger partial charge in [-0.05, 0) is 38.0 Å². The molecule has 0 aliphatic heterocycles. The second kappa shape index (κ2) is 4.21. The van der Waals surface area contributed by atoms with Crippen LogP contribution in [0.1, 0.15) is 28.4 Å². The highest BCUT2D eigenvalue weighted by Gasteiger charge is 2.19. The van der Waals surface area contributed by atoms with Crippen molar-refractivity contribution in [2.45, 2.75) is 26.8 Å². The number of hydrogen-bond donors (Lipinski definition) is 2. The number of benzene rings is 1. The molecule has 3 N–H and O–H groups in total. The Labute approximate surface area is 93.9 Å². The van der Waals surface area contributed by atoms with Crippen LogP contribution < -0.4 is 5.73 Å². The SMILES string of the molecule is Cc1cc(C(=O)C(C)N)c(O)c(Cl)c1C. The Morgan fingerprint density at radius 2 is 2.07 bits per heavy atom. The van der Waals surface area contributed by atoms with E-state index in [1.807, 2.05) is 6.92 Å². The molecule has 0 spiro atoms. The Hall–Kier alpha value is -1.06. The Bertz CT molecular complexity index is 414. The summed E-state index contributed by atoms with van der Waals surface area (Å²) in [5, 5.41) is 9.94. The van der Waals surface area contributed by atoms with Crippen molar-refractivity contribution in [2.75, 3.05) is 0 Å². The monoisotopic (exact) mass is 227 g/mol. The van der Waals surface area contributed by atoms with Crippen LogP contribution in [0, 0.1) is 13.8 Å². The van der Waals surface area contributed by atoms with Crippen molar-refractivity contribution >= 4 is 17.4 Å². The van der Waals surface area contributed by atoms with Gasteiger partial charge in [-0.25, -0.2) is 0 Å². The molecule has 1 atom stereocenters. The van der Waals surface area contributed by atoms with Crippen LogP contribution in [0.3, 0.4) is 0 Å². The maximum Gasteiger partial charge on any atom is 0.183 e. The molecule has 1 unspecified atom stereocenters. The van der Waals surface area contributed by atoms with Crippen LogP contribution in [0.15, 0.2) is 6.07 Å². The second-order valence-electron chi connectivity index (χ2n) is 3.68. The lowest BCUT2D eigenvalue weighted by Gasteiger charge is -2.11. The number of phenols is 1. The summed E-state index contributed by atoms with van der Waals surface area (Å²) in [5.41, 5.74) is 7.30. The van der Waals surface area contributed by atoms with Gasteiger partial charge in [0.2, 0.25) is 0 Å². The van der Waals surface area contributed by atoms with E-state index in [9.17, 15) is 9.90 Å². The van der Waals surface area contributed by atoms with Crippen molar-refractivity contribution in [1.82, 2.24) is 0 Å². The molecule has 3 nitrogen and oxygen atoms in total. The van der Waals surface area contributed by atoms with Crippen molar-refractivity contribution in [1.29, 1.82) is 0 Å². The van der Waals surface area contributed by atoms with Crippen LogP contribution in [0.25, 0.3) is 0 Å². The van der Waals surface area contributed by atoms with Gasteiger partial charge in [0.15, 0.2) is 5.78 Å². The molecule has 82 valence electrons. The van der Waals surface area contributed by atoms with E-state index in [2.05, 4.69) is 0 Å². The van der Waals surface area contributed by atoms with Crippen LogP contribution in [0.4, 0.5) is 0 Å². The number of carbonyl (C=O) groups excluding carboxylic acids is 1. The van der Waals surface area contributed by atoms with E-state index in [4.69, 9.17) is 17.3 Å². The van der Waals surface area contributed by atoms with E-state index in [0.717, 1.165) is 11.1 Å². The number of aromatic hydroxyl groups is 1. The molecular formula is C11H14ClNO2. The van der Waals surface area contributed by atoms with Gasteiger partial charge in [0.1, 0.15) is 5.75 Å². The highest BCUT2D eigenvalue weighted by molar-refractivity contribution is 6.33. The number of Topliss-reactive ketones (excluding diaryl/α,β-unsaturated/α-hetero) is 1. The summed E-state index contributed by atoms with van der Waals surface area (Å²) in [6, 6.07) is 0.969. The fraction of sp³-hybridized carbons (Fsp3) is 0.364. The third kappa shape index (κ3) is 2.13. The van der Waals surface area contributed by atoms with E-state index in [1.54, 1.807) is 19.9 Å². The molecule has 0 fully saturated rings. The molecule has 1 aromatic carbocycles. The van der Waals surface area contributed by atoms with Crippen molar-refractivity contribution in [3.8, 4) is 5.75 Å². The molecule has 0 bridgehead atoms. The van der Waals surface area contributed by atoms with Gasteiger partial charge in [-0.15, -0.1) is 0 Å². The molecule has 0 aliphatic carbocycles. The van der Waals surface area contributed by atoms with Crippen LogP contribution in [0.5, 0.6) is 5.75 Å². The van der Waals surface area contributed by atoms with Gasteiger partial charge in [-0.2, -0.15) is 0 Å². The van der Waals surface area contributed by atoms with Gasteiger partial charge < -0.3 is 10.8 Å². The van der Waals surface area contributed by atoms with Crippen LogP contribution in [-0.2, 0) is 0 Å². The molecule has 0 aliphatic rings. The Kier molecular flexibility index (Phi) is 3.37. The van der Waals surface area contributed by atoms with E-state index >= 15 is 0 Å². The zero-order chi connectivity index (χ0) is 11.7. The smallest absolute Gasteiger partial charge is 0.183 e. The summed E-state index contributed by atoms with van der Waals surface area (Å²) in [6.07, 6.45) is 0. The third-order valence-electron chi connectivity index (χ3n) is 2.42. The van der Waals surface area contributed by atoms with Crippen LogP contribution >= 0.6 is 11.6 Å². The number of aryl methyl sites for hydroxylation is 1. The molecule has 0 radical (unpaired) electrons. The number of halogens is 1. The first-order valence-electron chi connectivity index (χ1n) is 4.64. The number of rotatable bonds is 2. The maximum atomic E-state index is 11.6. The summed E-state index contributed by atoms with van der Waals surface area (Å²) < 4.78 is 0. The number of nitrogens with two attached hydrogens (primary N) is 1. The lowest BCUT2D eigenvalue weighted by atomic mass is 9.99. The largest absolute Gasteiger partial charge is 0.506 e. The van der Waals surface area contributed by atoms with Gasteiger partial charge in [0, 0.05) is 0 Å². The van der Waals surface area contributed by atoms with E-state index in [0.29, 0.717) is 0 Å². The second-order valence-corrected chi connectivity index (χ2v) is 4.06. The summed E-state index contributed by atoms with van der Waals surface area (Å²) in [4.78, 5) is 11.6. The predicted molar refractivity (Wildman–Crippen MR) is 60.6 cm³/mol. The number of hydrogen-bond acceptors (Lipinski definition) is 3. The minimum absolute atomic E-state index is 0.179. The summed E-state index contributed by atoms with van der Waals surface area (Å²) in [6.45, 7) is 5.20. The van der Waals surface area contributed by atoms with Crippen molar-refractivity contribution in [2.24, 2.45) is 5.73 Å². The fourth-order valence-electron chi connectivity index (χ4n) is 1.30. The lowest BCUT2D eigenvalue weighted by molar-refractivity contribution is 0.0965. The zero-order valence-corrected chi connectivity index (χ0v) is 9.72. The highest BCUT2D eigenvalue weighted by atomic mass is 35.5. The van der Waals surface area contributed by atoms with Gasteiger partial charge >= 0.3 is 0 Å². The number of ketones is 1. The zero-order valence-electron chi connectivity index (χ0n) is 8.97. The lowest BCUT2D eigenvalue weighted by Crippen LogP contribution is -2.26. The third-order valence-corrected chi connectivity index (χ3v) is 2.89. The van der Waals surface area contributed by atoms with Gasteiger partial charge in [-0.1, -0.05) is 11.6 Å². The van der Waals surface area contributed by atoms with E-state index in [1.165, 1.54) is 0 Å². The minimum atomic E-state index is -0.644. The first-order chi connectivity index (χ1) is 6.86. The van der Waals surface area contributed by atoms with Crippen molar-refractivity contribution in [3.63, 3.8) is 0 Å². The summed E-state index contributed by atoms with van der Waals surface area (Å²) in [7, 11) is 0. The maximum absolute atomic E-state index is 11.6. The Morgan fingerprint density at radius 3 is 2.53 bits per heavy atom. The first kappa shape index (κ1) is 12.0. The normalized spacial score (nSPS) is 12.6. The fourth-order valence-corrected chi connectivity index (χ4v) is 1.55. The molecule has 0 heterocycles. The standard InChI is InChI=1S/C11H14ClNO2/c1-5-4-8(10(14)7(3)13)11(15)9(12)6(5)2/h4,7,15H,13H2,1-3H3. The predicted octanol–water partition coefficient (Wildman–Crippen LogP) is 2.19. The van der Waals surface area contributed by atoms with E-state index in [-0.39, 0.29) is 22.1 Å². The summed E-state index contributed by atoms with van der Waals surface area (Å²) >= 11 is 5.89. The first-order valence-corrected chi connectivity index (χ1v) is 5.02. The average Bonchev–Trinajstić information content (AvgIpc) is 2.19. The number of carbonyl (C=O) groups is 1. The molecular weight excluding hydrogens is 214 g/mol.